The van der Waals surface area contributed by atoms with Crippen molar-refractivity contribution in [2.75, 3.05) is 20.3 Å². The Morgan fingerprint density at radius 1 is 1.53 bits per heavy atom. The van der Waals surface area contributed by atoms with Crippen LogP contribution in [0.25, 0.3) is 0 Å². The zero-order valence-corrected chi connectivity index (χ0v) is 10.2. The zero-order chi connectivity index (χ0) is 11.3. The summed E-state index contributed by atoms with van der Waals surface area (Å²) in [4.78, 5) is 5.57. The molecule has 1 aromatic rings. The second-order valence-electron chi connectivity index (χ2n) is 3.46. The molecular formula is C10H18N2O2S. The van der Waals surface area contributed by atoms with Crippen LogP contribution in [0.3, 0.4) is 0 Å². The highest BCUT2D eigenvalue weighted by Crippen LogP contribution is 2.16. The van der Waals surface area contributed by atoms with Gasteiger partial charge in [0.05, 0.1) is 30.0 Å². The van der Waals surface area contributed by atoms with Crippen LogP contribution in [0.5, 0.6) is 0 Å². The van der Waals surface area contributed by atoms with Crippen molar-refractivity contribution in [1.29, 1.82) is 0 Å². The van der Waals surface area contributed by atoms with E-state index in [1.165, 1.54) is 4.88 Å². The molecule has 0 radical (unpaired) electrons. The van der Waals surface area contributed by atoms with Crippen LogP contribution in [0.2, 0.25) is 0 Å². The predicted molar refractivity (Wildman–Crippen MR) is 61.2 cm³/mol. The van der Waals surface area contributed by atoms with Crippen molar-refractivity contribution in [3.05, 3.63) is 15.6 Å². The minimum Gasteiger partial charge on any atom is -0.395 e. The fraction of sp³-hybridized carbons (Fsp3) is 0.700. The summed E-state index contributed by atoms with van der Waals surface area (Å²) >= 11 is 1.69. The van der Waals surface area contributed by atoms with Gasteiger partial charge in [0.2, 0.25) is 0 Å². The minimum atomic E-state index is -0.00296. The molecule has 0 bridgehead atoms. The molecule has 0 saturated heterocycles. The molecule has 1 unspecified atom stereocenters. The molecule has 1 aromatic heterocycles. The van der Waals surface area contributed by atoms with Crippen LogP contribution in [-0.4, -0.2) is 36.5 Å². The van der Waals surface area contributed by atoms with Crippen molar-refractivity contribution in [2.24, 2.45) is 0 Å². The summed E-state index contributed by atoms with van der Waals surface area (Å²) in [5.74, 6) is 0. The highest BCUT2D eigenvalue weighted by atomic mass is 32.1. The summed E-state index contributed by atoms with van der Waals surface area (Å²) in [6.45, 7) is 5.36. The van der Waals surface area contributed by atoms with E-state index in [-0.39, 0.29) is 12.6 Å². The van der Waals surface area contributed by atoms with E-state index >= 15 is 0 Å². The highest BCUT2D eigenvalue weighted by molar-refractivity contribution is 7.11. The first-order valence-electron chi connectivity index (χ1n) is 4.93. The highest BCUT2D eigenvalue weighted by Gasteiger charge is 2.09. The van der Waals surface area contributed by atoms with Gasteiger partial charge in [-0.1, -0.05) is 0 Å². The van der Waals surface area contributed by atoms with E-state index in [0.29, 0.717) is 6.61 Å². The maximum Gasteiger partial charge on any atom is 0.0900 e. The van der Waals surface area contributed by atoms with E-state index in [0.717, 1.165) is 17.2 Å². The molecule has 5 heteroatoms. The predicted octanol–water partition coefficient (Wildman–Crippen LogP) is 0.857. The van der Waals surface area contributed by atoms with Gasteiger partial charge < -0.3 is 15.2 Å². The molecular weight excluding hydrogens is 212 g/mol. The lowest BCUT2D eigenvalue weighted by atomic mass is 10.3. The lowest BCUT2D eigenvalue weighted by molar-refractivity contribution is 0.128. The number of nitrogens with zero attached hydrogens (tertiary/aromatic N) is 1. The fourth-order valence-electron chi connectivity index (χ4n) is 1.35. The molecule has 0 saturated carbocycles. The Balaban J connectivity index is 2.44. The quantitative estimate of drug-likeness (QED) is 0.761. The molecule has 15 heavy (non-hydrogen) atoms. The average molecular weight is 230 g/mol. The van der Waals surface area contributed by atoms with E-state index in [4.69, 9.17) is 9.84 Å². The fourth-order valence-corrected chi connectivity index (χ4v) is 2.24. The Bertz CT molecular complexity index is 302. The molecule has 4 nitrogen and oxygen atoms in total. The number of ether oxygens (including phenoxy) is 1. The van der Waals surface area contributed by atoms with Gasteiger partial charge in [-0.3, -0.25) is 0 Å². The van der Waals surface area contributed by atoms with Crippen LogP contribution in [0, 0.1) is 13.8 Å². The van der Waals surface area contributed by atoms with Gasteiger partial charge in [0.1, 0.15) is 0 Å². The molecule has 1 heterocycles. The number of hydrogen-bond acceptors (Lipinski definition) is 5. The number of nitrogens with one attached hydrogen (secondary N) is 1. The summed E-state index contributed by atoms with van der Waals surface area (Å²) in [6.07, 6.45) is 0. The van der Waals surface area contributed by atoms with Crippen molar-refractivity contribution >= 4 is 11.3 Å². The molecule has 86 valence electrons. The smallest absolute Gasteiger partial charge is 0.0900 e. The van der Waals surface area contributed by atoms with Gasteiger partial charge in [0.15, 0.2) is 0 Å². The number of methoxy groups -OCH3 is 1. The van der Waals surface area contributed by atoms with Crippen LogP contribution in [0.15, 0.2) is 0 Å². The van der Waals surface area contributed by atoms with Crippen LogP contribution >= 0.6 is 11.3 Å². The third kappa shape index (κ3) is 3.87. The summed E-state index contributed by atoms with van der Waals surface area (Å²) in [5.41, 5.74) is 1.07. The molecule has 0 aliphatic rings. The molecule has 1 atom stereocenters. The van der Waals surface area contributed by atoms with Crippen molar-refractivity contribution in [3.8, 4) is 0 Å². The lowest BCUT2D eigenvalue weighted by Gasteiger charge is -2.14. The van der Waals surface area contributed by atoms with Crippen LogP contribution in [-0.2, 0) is 11.3 Å². The van der Waals surface area contributed by atoms with Gasteiger partial charge in [-0.25, -0.2) is 4.98 Å². The summed E-state index contributed by atoms with van der Waals surface area (Å²) < 4.78 is 4.98. The third-order valence-electron chi connectivity index (χ3n) is 2.14. The first-order chi connectivity index (χ1) is 7.17. The Kier molecular flexibility index (Phi) is 5.17. The van der Waals surface area contributed by atoms with Gasteiger partial charge in [-0.05, 0) is 13.8 Å². The number of aromatic nitrogens is 1. The molecule has 0 fully saturated rings. The normalized spacial score (nSPS) is 13.1. The van der Waals surface area contributed by atoms with Crippen LogP contribution in [0.4, 0.5) is 0 Å². The molecule has 1 rings (SSSR count). The third-order valence-corrected chi connectivity index (χ3v) is 3.21. The standard InChI is InChI=1S/C10H18N2O2S/c1-7-10(15-8(2)12-7)4-11-9(5-13)6-14-3/h9,11,13H,4-6H2,1-3H3. The molecule has 2 N–H and O–H groups in total. The number of rotatable bonds is 6. The SMILES string of the molecule is COCC(CO)NCc1sc(C)nc1C. The number of aliphatic hydroxyl groups excluding tert-OH is 1. The van der Waals surface area contributed by atoms with Crippen LogP contribution < -0.4 is 5.32 Å². The van der Waals surface area contributed by atoms with E-state index in [1.54, 1.807) is 18.4 Å². The summed E-state index contributed by atoms with van der Waals surface area (Å²) in [5, 5.41) is 13.4. The first-order valence-corrected chi connectivity index (χ1v) is 5.75. The van der Waals surface area contributed by atoms with E-state index in [2.05, 4.69) is 10.3 Å². The average Bonchev–Trinajstić information content (AvgIpc) is 2.52. The first kappa shape index (κ1) is 12.6. The monoisotopic (exact) mass is 230 g/mol. The van der Waals surface area contributed by atoms with E-state index in [1.807, 2.05) is 13.8 Å². The van der Waals surface area contributed by atoms with E-state index in [9.17, 15) is 0 Å². The van der Waals surface area contributed by atoms with Crippen molar-refractivity contribution in [3.63, 3.8) is 0 Å². The van der Waals surface area contributed by atoms with Crippen molar-refractivity contribution in [1.82, 2.24) is 10.3 Å². The summed E-state index contributed by atoms with van der Waals surface area (Å²) in [6, 6.07) is -0.00296. The van der Waals surface area contributed by atoms with Crippen molar-refractivity contribution in [2.45, 2.75) is 26.4 Å². The van der Waals surface area contributed by atoms with Gasteiger partial charge in [0.25, 0.3) is 0 Å². The maximum atomic E-state index is 9.05. The lowest BCUT2D eigenvalue weighted by Crippen LogP contribution is -2.35. The second-order valence-corrected chi connectivity index (χ2v) is 4.74. The largest absolute Gasteiger partial charge is 0.395 e. The van der Waals surface area contributed by atoms with Gasteiger partial charge in [-0.15, -0.1) is 11.3 Å². The number of aryl methyl sites for hydroxylation is 2. The molecule has 0 aliphatic carbocycles. The van der Waals surface area contributed by atoms with Gasteiger partial charge in [0, 0.05) is 18.5 Å². The number of hydrogen-bond donors (Lipinski definition) is 2. The maximum absolute atomic E-state index is 9.05. The van der Waals surface area contributed by atoms with Crippen LogP contribution in [0.1, 0.15) is 15.6 Å². The van der Waals surface area contributed by atoms with Gasteiger partial charge in [-0.2, -0.15) is 0 Å². The Hall–Kier alpha value is -0.490. The van der Waals surface area contributed by atoms with E-state index < -0.39 is 0 Å². The Morgan fingerprint density at radius 2 is 2.27 bits per heavy atom. The second kappa shape index (κ2) is 6.17. The topological polar surface area (TPSA) is 54.4 Å². The molecule has 0 aliphatic heterocycles. The van der Waals surface area contributed by atoms with Gasteiger partial charge >= 0.3 is 0 Å². The zero-order valence-electron chi connectivity index (χ0n) is 9.41. The number of aliphatic hydroxyl groups is 1. The van der Waals surface area contributed by atoms with Crippen molar-refractivity contribution < 1.29 is 9.84 Å². The molecule has 0 spiro atoms. The molecule has 0 aromatic carbocycles. The molecule has 0 amide bonds. The Morgan fingerprint density at radius 3 is 2.73 bits per heavy atom. The Labute approximate surface area is 94.3 Å². The minimum absolute atomic E-state index is 0.00296. The summed E-state index contributed by atoms with van der Waals surface area (Å²) in [7, 11) is 1.63. The number of thiazole rings is 1.